The zero-order valence-corrected chi connectivity index (χ0v) is 59.9. The minimum absolute atomic E-state index is 0.000668. The Bertz CT molecular complexity index is 5460. The fourth-order valence-corrected chi connectivity index (χ4v) is 17.7. The summed E-state index contributed by atoms with van der Waals surface area (Å²) in [5.74, 6) is 0. The second-order valence-corrected chi connectivity index (χ2v) is 34.5. The number of aromatic nitrogens is 2. The van der Waals surface area contributed by atoms with E-state index in [1.54, 1.807) is 0 Å². The van der Waals surface area contributed by atoms with Gasteiger partial charge >= 0.3 is 0 Å². The molecule has 17 rings (SSSR count). The van der Waals surface area contributed by atoms with Gasteiger partial charge in [0.15, 0.2) is 0 Å². The fourth-order valence-electron chi connectivity index (χ4n) is 17.7. The lowest BCUT2D eigenvalue weighted by atomic mass is 9.33. The number of benzene rings is 11. The van der Waals surface area contributed by atoms with Crippen LogP contribution in [0.1, 0.15) is 193 Å². The SMILES string of the molecule is CCC(C)(C)c1cc2c3c(c1)c1cc(C(C)(C)CC)cc4c1n3-c1c(ccc3c1B2c1c2ccccc2cc2c(-c5ccc(C(C)(C)C)cc5-c5ccc(C(C)(C)C)cc5)c(-c5ccc(C(C)(C)C)cc5-c5ccc(C(C)(C)C)cc5)n-3c12)C41c2ccccc2-c2ccccc21. The van der Waals surface area contributed by atoms with Gasteiger partial charge in [-0.3, -0.25) is 0 Å². The van der Waals surface area contributed by atoms with Gasteiger partial charge in [-0.1, -0.05) is 288 Å². The van der Waals surface area contributed by atoms with Crippen LogP contribution in [-0.4, -0.2) is 15.8 Å². The topological polar surface area (TPSA) is 9.86 Å². The van der Waals surface area contributed by atoms with Crippen molar-refractivity contribution in [1.82, 2.24) is 9.13 Å². The number of hydrogen-bond donors (Lipinski definition) is 0. The van der Waals surface area contributed by atoms with E-state index < -0.39 is 5.41 Å². The number of hydrogen-bond acceptors (Lipinski definition) is 0. The molecule has 0 unspecified atom stereocenters. The monoisotopic (exact) mass is 1250 g/mol. The van der Waals surface area contributed by atoms with E-state index in [4.69, 9.17) is 0 Å². The first-order chi connectivity index (χ1) is 45.6. The summed E-state index contributed by atoms with van der Waals surface area (Å²) < 4.78 is 5.67. The third-order valence-electron chi connectivity index (χ3n) is 24.1. The first kappa shape index (κ1) is 60.7. The first-order valence-corrected chi connectivity index (χ1v) is 35.7. The molecule has 11 aromatic carbocycles. The molecule has 476 valence electrons. The molecule has 0 saturated carbocycles. The van der Waals surface area contributed by atoms with Gasteiger partial charge in [0.2, 0.25) is 0 Å². The van der Waals surface area contributed by atoms with Crippen molar-refractivity contribution >= 4 is 66.6 Å². The summed E-state index contributed by atoms with van der Waals surface area (Å²) in [7, 11) is 0. The van der Waals surface area contributed by atoms with Gasteiger partial charge in [-0.15, -0.1) is 0 Å². The van der Waals surface area contributed by atoms with Crippen LogP contribution in [0.25, 0.3) is 111 Å². The van der Waals surface area contributed by atoms with Gasteiger partial charge in [0, 0.05) is 44.2 Å². The largest absolute Gasteiger partial charge is 0.310 e. The molecule has 3 heteroatoms. The van der Waals surface area contributed by atoms with E-state index in [-0.39, 0.29) is 39.2 Å². The van der Waals surface area contributed by atoms with Gasteiger partial charge in [-0.25, -0.2) is 0 Å². The second-order valence-electron chi connectivity index (χ2n) is 34.5. The minimum atomic E-state index is -0.631. The van der Waals surface area contributed by atoms with Crippen LogP contribution in [0.15, 0.2) is 200 Å². The predicted molar refractivity (Wildman–Crippen MR) is 414 cm³/mol. The van der Waals surface area contributed by atoms with Crippen LogP contribution in [0.4, 0.5) is 0 Å². The number of rotatable bonds is 8. The third kappa shape index (κ3) is 8.31. The maximum absolute atomic E-state index is 2.84. The van der Waals surface area contributed by atoms with E-state index >= 15 is 0 Å². The smallest absolute Gasteiger partial charge is 0.253 e. The van der Waals surface area contributed by atoms with E-state index in [0.717, 1.165) is 12.8 Å². The Morgan fingerprint density at radius 1 is 0.333 bits per heavy atom. The molecule has 13 aromatic rings. The van der Waals surface area contributed by atoms with E-state index in [0.29, 0.717) is 0 Å². The lowest BCUT2D eigenvalue weighted by Crippen LogP contribution is -2.61. The van der Waals surface area contributed by atoms with E-state index in [1.807, 2.05) is 0 Å². The molecule has 2 aromatic heterocycles. The maximum Gasteiger partial charge on any atom is 0.253 e. The Kier molecular flexibility index (Phi) is 12.7. The van der Waals surface area contributed by atoms with Gasteiger partial charge in [0.05, 0.1) is 22.1 Å². The zero-order chi connectivity index (χ0) is 67.0. The molecule has 3 aliphatic heterocycles. The van der Waals surface area contributed by atoms with Crippen molar-refractivity contribution < 1.29 is 0 Å². The molecule has 0 N–H and O–H groups in total. The van der Waals surface area contributed by atoms with Gasteiger partial charge in [-0.05, 0) is 203 Å². The first-order valence-electron chi connectivity index (χ1n) is 35.7. The highest BCUT2D eigenvalue weighted by atomic mass is 15.1. The predicted octanol–water partition coefficient (Wildman–Crippen LogP) is 22.9. The minimum Gasteiger partial charge on any atom is -0.310 e. The standard InChI is InChI=1S/C93H91BN2/c1-19-91(15,16)61-50-70-71-51-62(92(17,18)20-2)53-77-83(71)96-82(70)76(52-61)93(73-31-25-23-29-64(73)65-30-24-26-32-74(65)93)75-45-46-78-81(86(75)96)94(77)80-63-28-22-21-27-56(63)47-72-79(66-43-41-59(89(9,10)11)48-68(66)54-33-37-57(38-34-54)87(3,4)5)84(95(78)85(72)80)67-44-42-60(90(12,13)14)49-69(67)55-35-39-58(40-36-55)88(6,7)8/h21-53H,19-20H2,1-18H3. The highest BCUT2D eigenvalue weighted by Crippen LogP contribution is 2.63. The second kappa shape index (κ2) is 20.1. The molecule has 96 heavy (non-hydrogen) atoms. The molecule has 0 bridgehead atoms. The summed E-state index contributed by atoms with van der Waals surface area (Å²) in [6, 6.07) is 81.1. The van der Waals surface area contributed by atoms with E-state index in [1.165, 1.54) is 183 Å². The van der Waals surface area contributed by atoms with Crippen LogP contribution in [0.3, 0.4) is 0 Å². The van der Waals surface area contributed by atoms with Crippen molar-refractivity contribution in [3.8, 4) is 67.1 Å². The molecule has 0 radical (unpaired) electrons. The van der Waals surface area contributed by atoms with Crippen LogP contribution in [-0.2, 0) is 37.9 Å². The lowest BCUT2D eigenvalue weighted by Gasteiger charge is -2.44. The third-order valence-corrected chi connectivity index (χ3v) is 24.1. The van der Waals surface area contributed by atoms with Crippen molar-refractivity contribution in [2.75, 3.05) is 0 Å². The summed E-state index contributed by atoms with van der Waals surface area (Å²) in [6.45, 7) is 42.7. The quantitative estimate of drug-likeness (QED) is 0.134. The molecule has 0 saturated heterocycles. The van der Waals surface area contributed by atoms with Crippen LogP contribution in [0.5, 0.6) is 0 Å². The van der Waals surface area contributed by atoms with Crippen molar-refractivity contribution in [2.24, 2.45) is 0 Å². The maximum atomic E-state index is 2.84. The molecule has 1 spiro atoms. The Balaban J connectivity index is 1.12. The van der Waals surface area contributed by atoms with Crippen LogP contribution < -0.4 is 16.4 Å². The van der Waals surface area contributed by atoms with E-state index in [2.05, 4.69) is 334 Å². The van der Waals surface area contributed by atoms with Gasteiger partial charge < -0.3 is 9.13 Å². The van der Waals surface area contributed by atoms with Crippen LogP contribution >= 0.6 is 0 Å². The highest BCUT2D eigenvalue weighted by Gasteiger charge is 2.55. The van der Waals surface area contributed by atoms with Crippen molar-refractivity contribution in [3.63, 3.8) is 0 Å². The highest BCUT2D eigenvalue weighted by molar-refractivity contribution is 7.01. The molecule has 0 atom stereocenters. The average Bonchev–Trinajstić information content (AvgIpc) is 1.42. The molecular weight excluding hydrogens is 1160 g/mol. The molecule has 0 fully saturated rings. The van der Waals surface area contributed by atoms with Crippen LogP contribution in [0, 0.1) is 0 Å². The van der Waals surface area contributed by atoms with Gasteiger partial charge in [0.25, 0.3) is 6.71 Å². The zero-order valence-electron chi connectivity index (χ0n) is 59.9. The Labute approximate surface area is 570 Å². The summed E-state index contributed by atoms with van der Waals surface area (Å²) >= 11 is 0. The Morgan fingerprint density at radius 3 is 1.38 bits per heavy atom. The van der Waals surface area contributed by atoms with Crippen molar-refractivity contribution in [2.45, 2.75) is 175 Å². The van der Waals surface area contributed by atoms with Gasteiger partial charge in [-0.2, -0.15) is 0 Å². The molecular formula is C93H91BN2. The molecule has 5 heterocycles. The number of nitrogens with zero attached hydrogens (tertiary/aromatic N) is 2. The Morgan fingerprint density at radius 2 is 0.823 bits per heavy atom. The van der Waals surface area contributed by atoms with E-state index in [9.17, 15) is 0 Å². The van der Waals surface area contributed by atoms with Crippen LogP contribution in [0.2, 0.25) is 0 Å². The normalized spacial score (nSPS) is 14.5. The summed E-state index contributed by atoms with van der Waals surface area (Å²) in [5.41, 5.74) is 35.9. The number of fused-ring (bicyclic) bond motifs is 13. The van der Waals surface area contributed by atoms with Gasteiger partial charge in [0.1, 0.15) is 0 Å². The summed E-state index contributed by atoms with van der Waals surface area (Å²) in [4.78, 5) is 0. The molecule has 0 amide bonds. The molecule has 2 nitrogen and oxygen atoms in total. The Hall–Kier alpha value is -8.92. The van der Waals surface area contributed by atoms with Crippen molar-refractivity contribution in [1.29, 1.82) is 0 Å². The molecule has 4 aliphatic rings. The molecule has 1 aliphatic carbocycles. The summed E-state index contributed by atoms with van der Waals surface area (Å²) in [5, 5.41) is 6.59. The van der Waals surface area contributed by atoms with Crippen molar-refractivity contribution in [3.05, 3.63) is 256 Å². The average molecular weight is 1250 g/mol. The lowest BCUT2D eigenvalue weighted by molar-refractivity contribution is 0.505. The summed E-state index contributed by atoms with van der Waals surface area (Å²) in [6.07, 6.45) is 2.04. The fraction of sp³-hybridized carbons (Fsp3) is 0.290.